The van der Waals surface area contributed by atoms with E-state index >= 15 is 0 Å². The number of ether oxygens (including phenoxy) is 1. The highest BCUT2D eigenvalue weighted by Crippen LogP contribution is 2.26. The van der Waals surface area contributed by atoms with Gasteiger partial charge < -0.3 is 9.84 Å². The molecule has 0 fully saturated rings. The minimum absolute atomic E-state index is 0.0607. The van der Waals surface area contributed by atoms with Gasteiger partial charge in [0.2, 0.25) is 0 Å². The fraction of sp³-hybridized carbons (Fsp3) is 0.556. The Morgan fingerprint density at radius 3 is 2.73 bits per heavy atom. The van der Waals surface area contributed by atoms with Crippen LogP contribution in [0.25, 0.3) is 0 Å². The number of methoxy groups -OCH3 is 1. The lowest BCUT2D eigenvalue weighted by atomic mass is 10.2. The molecule has 1 atom stereocenters. The maximum Gasteiger partial charge on any atom is 0.341 e. The highest BCUT2D eigenvalue weighted by molar-refractivity contribution is 9.10. The molecule has 1 aromatic heterocycles. The number of rotatable bonds is 3. The van der Waals surface area contributed by atoms with Gasteiger partial charge in [-0.05, 0) is 29.8 Å². The van der Waals surface area contributed by atoms with Crippen molar-refractivity contribution >= 4 is 21.9 Å². The second kappa shape index (κ2) is 4.76. The van der Waals surface area contributed by atoms with Crippen LogP contribution in [0.1, 0.15) is 31.7 Å². The zero-order valence-corrected chi connectivity index (χ0v) is 10.4. The lowest BCUT2D eigenvalue weighted by molar-refractivity contribution is -0.151. The van der Waals surface area contributed by atoms with Crippen LogP contribution in [0.5, 0.6) is 0 Å². The van der Waals surface area contributed by atoms with E-state index in [9.17, 15) is 9.90 Å². The summed E-state index contributed by atoms with van der Waals surface area (Å²) in [7, 11) is 1.23. The van der Waals surface area contributed by atoms with Crippen LogP contribution in [0.2, 0.25) is 0 Å². The molecule has 0 saturated heterocycles. The van der Waals surface area contributed by atoms with Crippen LogP contribution in [0.15, 0.2) is 10.7 Å². The Balaban J connectivity index is 3.11. The van der Waals surface area contributed by atoms with Crippen LogP contribution < -0.4 is 0 Å². The van der Waals surface area contributed by atoms with E-state index in [4.69, 9.17) is 0 Å². The lowest BCUT2D eigenvalue weighted by Crippen LogP contribution is -2.19. The van der Waals surface area contributed by atoms with Crippen molar-refractivity contribution in [2.24, 2.45) is 0 Å². The molecular formula is C9H13BrN2O3. The second-order valence-corrected chi connectivity index (χ2v) is 4.20. The lowest BCUT2D eigenvalue weighted by Gasteiger charge is -2.14. The average molecular weight is 277 g/mol. The summed E-state index contributed by atoms with van der Waals surface area (Å²) in [4.78, 5) is 11.2. The van der Waals surface area contributed by atoms with Crippen molar-refractivity contribution in [1.29, 1.82) is 0 Å². The molecule has 0 aliphatic carbocycles. The number of aliphatic hydroxyl groups excluding tert-OH is 1. The zero-order valence-electron chi connectivity index (χ0n) is 8.77. The van der Waals surface area contributed by atoms with Crippen LogP contribution in [0, 0.1) is 0 Å². The molecule has 15 heavy (non-hydrogen) atoms. The van der Waals surface area contributed by atoms with Gasteiger partial charge in [-0.1, -0.05) is 0 Å². The molecular weight excluding hydrogens is 264 g/mol. The van der Waals surface area contributed by atoms with E-state index < -0.39 is 12.1 Å². The number of carbonyl (C=O) groups is 1. The number of aromatic nitrogens is 2. The monoisotopic (exact) mass is 276 g/mol. The van der Waals surface area contributed by atoms with Crippen LogP contribution in [-0.4, -0.2) is 28.0 Å². The summed E-state index contributed by atoms with van der Waals surface area (Å²) in [6.07, 6.45) is 0.232. The molecule has 1 rings (SSSR count). The Hall–Kier alpha value is -0.880. The first-order chi connectivity index (χ1) is 6.99. The predicted octanol–water partition coefficient (Wildman–Crippen LogP) is 1.43. The highest BCUT2D eigenvalue weighted by Gasteiger charge is 2.26. The molecule has 1 N–H and O–H groups in total. The molecule has 5 nitrogen and oxygen atoms in total. The highest BCUT2D eigenvalue weighted by atomic mass is 79.9. The first-order valence-electron chi connectivity index (χ1n) is 4.47. The Morgan fingerprint density at radius 2 is 2.27 bits per heavy atom. The summed E-state index contributed by atoms with van der Waals surface area (Å²) in [6.45, 7) is 3.82. The predicted molar refractivity (Wildman–Crippen MR) is 57.3 cm³/mol. The van der Waals surface area contributed by atoms with Crippen molar-refractivity contribution in [1.82, 2.24) is 9.78 Å². The van der Waals surface area contributed by atoms with Crippen molar-refractivity contribution in [3.63, 3.8) is 0 Å². The standard InChI is InChI=1S/C9H13BrN2O3/c1-5(2)12-7(6(10)4-11-12)8(13)9(14)15-3/h4-5,8,13H,1-3H3. The average Bonchev–Trinajstić information content (AvgIpc) is 2.58. The van der Waals surface area contributed by atoms with Gasteiger partial charge >= 0.3 is 5.97 Å². The molecule has 0 amide bonds. The van der Waals surface area contributed by atoms with E-state index in [0.717, 1.165) is 0 Å². The van der Waals surface area contributed by atoms with Gasteiger partial charge in [0.1, 0.15) is 0 Å². The quantitative estimate of drug-likeness (QED) is 0.849. The normalized spacial score (nSPS) is 12.9. The summed E-state index contributed by atoms with van der Waals surface area (Å²) in [6, 6.07) is 0.0607. The topological polar surface area (TPSA) is 64.3 Å². The summed E-state index contributed by atoms with van der Waals surface area (Å²) in [5.41, 5.74) is 0.414. The minimum atomic E-state index is -1.31. The number of halogens is 1. The number of hydrogen-bond donors (Lipinski definition) is 1. The first kappa shape index (κ1) is 12.2. The Bertz CT molecular complexity index is 362. The molecule has 84 valence electrons. The van der Waals surface area contributed by atoms with E-state index in [2.05, 4.69) is 25.8 Å². The molecule has 0 bridgehead atoms. The maximum absolute atomic E-state index is 11.2. The Morgan fingerprint density at radius 1 is 1.67 bits per heavy atom. The molecule has 1 unspecified atom stereocenters. The van der Waals surface area contributed by atoms with E-state index in [1.165, 1.54) is 7.11 Å². The van der Waals surface area contributed by atoms with Gasteiger partial charge in [-0.25, -0.2) is 4.79 Å². The van der Waals surface area contributed by atoms with E-state index in [-0.39, 0.29) is 6.04 Å². The molecule has 6 heteroatoms. The zero-order chi connectivity index (χ0) is 11.6. The van der Waals surface area contributed by atoms with Crippen LogP contribution >= 0.6 is 15.9 Å². The molecule has 0 aliphatic rings. The molecule has 1 heterocycles. The molecule has 0 spiro atoms. The smallest absolute Gasteiger partial charge is 0.341 e. The first-order valence-corrected chi connectivity index (χ1v) is 5.27. The van der Waals surface area contributed by atoms with Crippen LogP contribution in [-0.2, 0) is 9.53 Å². The van der Waals surface area contributed by atoms with Crippen LogP contribution in [0.3, 0.4) is 0 Å². The maximum atomic E-state index is 11.2. The second-order valence-electron chi connectivity index (χ2n) is 3.34. The molecule has 0 aromatic carbocycles. The van der Waals surface area contributed by atoms with Crippen molar-refractivity contribution < 1.29 is 14.6 Å². The molecule has 0 radical (unpaired) electrons. The number of aliphatic hydroxyl groups is 1. The largest absolute Gasteiger partial charge is 0.467 e. The molecule has 0 aliphatic heterocycles. The summed E-state index contributed by atoms with van der Waals surface area (Å²) in [5.74, 6) is -0.696. The molecule has 0 saturated carbocycles. The Labute approximate surface area is 96.2 Å². The van der Waals surface area contributed by atoms with Gasteiger partial charge in [-0.3, -0.25) is 4.68 Å². The third-order valence-electron chi connectivity index (χ3n) is 1.96. The SMILES string of the molecule is COC(=O)C(O)c1c(Br)cnn1C(C)C. The van der Waals surface area contributed by atoms with Gasteiger partial charge in [-0.2, -0.15) is 5.10 Å². The number of carbonyl (C=O) groups excluding carboxylic acids is 1. The summed E-state index contributed by atoms with van der Waals surface area (Å²) >= 11 is 3.23. The van der Waals surface area contributed by atoms with E-state index in [1.807, 2.05) is 13.8 Å². The molecule has 1 aromatic rings. The number of esters is 1. The summed E-state index contributed by atoms with van der Waals surface area (Å²) < 4.78 is 6.64. The van der Waals surface area contributed by atoms with Gasteiger partial charge in [-0.15, -0.1) is 0 Å². The van der Waals surface area contributed by atoms with Gasteiger partial charge in [0.15, 0.2) is 6.10 Å². The van der Waals surface area contributed by atoms with Crippen molar-refractivity contribution in [2.75, 3.05) is 7.11 Å². The number of nitrogens with zero attached hydrogens (tertiary/aromatic N) is 2. The third kappa shape index (κ3) is 2.38. The van der Waals surface area contributed by atoms with Crippen LogP contribution in [0.4, 0.5) is 0 Å². The van der Waals surface area contributed by atoms with Gasteiger partial charge in [0.25, 0.3) is 0 Å². The van der Waals surface area contributed by atoms with E-state index in [1.54, 1.807) is 10.9 Å². The fourth-order valence-corrected chi connectivity index (χ4v) is 1.73. The van der Waals surface area contributed by atoms with Gasteiger partial charge in [0, 0.05) is 6.04 Å². The van der Waals surface area contributed by atoms with Crippen molar-refractivity contribution in [3.05, 3.63) is 16.4 Å². The van der Waals surface area contributed by atoms with Gasteiger partial charge in [0.05, 0.1) is 23.5 Å². The number of hydrogen-bond acceptors (Lipinski definition) is 4. The van der Waals surface area contributed by atoms with Crippen molar-refractivity contribution in [2.45, 2.75) is 26.0 Å². The van der Waals surface area contributed by atoms with Crippen molar-refractivity contribution in [3.8, 4) is 0 Å². The third-order valence-corrected chi connectivity index (χ3v) is 2.57. The minimum Gasteiger partial charge on any atom is -0.467 e. The summed E-state index contributed by atoms with van der Waals surface area (Å²) in [5, 5.41) is 13.8. The fourth-order valence-electron chi connectivity index (χ4n) is 1.24. The van der Waals surface area contributed by atoms with E-state index in [0.29, 0.717) is 10.2 Å². The Kier molecular flexibility index (Phi) is 3.87.